The highest BCUT2D eigenvalue weighted by Crippen LogP contribution is 2.49. The standard InChI is InChI=1S/C42H44F2N8/c43-30-22-29(23-31(44)40(30)51-19-16-28(24-51)25-6-2-1-3-7-25)52-38(26-10-12-32-36(20-26)49-41(47-32)34-8-4-17-45-34)14-15-39(52)27-11-13-33-37(21-27)50-42(48-33)35-9-5-18-46-35/h1-3,6-7,10-13,20-23,28,34-35,38-39,45-46H,4-5,8-9,14-19,24H2,(H,47,49)(H,48,50)/t28?,34-,35-,38+,39+/m0/s1. The van der Waals surface area contributed by atoms with Crippen molar-refractivity contribution >= 4 is 33.4 Å². The lowest BCUT2D eigenvalue weighted by molar-refractivity contribution is 0.572. The smallest absolute Gasteiger partial charge is 0.151 e. The van der Waals surface area contributed by atoms with E-state index in [0.717, 1.165) is 103 Å². The molecule has 6 aromatic rings. The van der Waals surface area contributed by atoms with Crippen molar-refractivity contribution in [3.05, 3.63) is 119 Å². The molecule has 4 aromatic carbocycles. The molecule has 52 heavy (non-hydrogen) atoms. The van der Waals surface area contributed by atoms with Crippen molar-refractivity contribution in [1.82, 2.24) is 30.6 Å². The van der Waals surface area contributed by atoms with Gasteiger partial charge in [0.2, 0.25) is 0 Å². The summed E-state index contributed by atoms with van der Waals surface area (Å²) in [5.41, 5.74) is 7.93. The van der Waals surface area contributed by atoms with E-state index in [2.05, 4.69) is 74.0 Å². The Kier molecular flexibility index (Phi) is 7.98. The van der Waals surface area contributed by atoms with E-state index >= 15 is 8.78 Å². The Hall–Kier alpha value is -4.80. The highest BCUT2D eigenvalue weighted by Gasteiger charge is 2.38. The van der Waals surface area contributed by atoms with Gasteiger partial charge >= 0.3 is 0 Å². The number of nitrogens with zero attached hydrogens (tertiary/aromatic N) is 4. The first-order chi connectivity index (χ1) is 25.6. The van der Waals surface area contributed by atoms with Crippen molar-refractivity contribution < 1.29 is 8.78 Å². The third-order valence-electron chi connectivity index (χ3n) is 12.1. The number of imidazole rings is 2. The van der Waals surface area contributed by atoms with Gasteiger partial charge in [0.25, 0.3) is 0 Å². The van der Waals surface area contributed by atoms with E-state index in [1.165, 1.54) is 5.56 Å². The largest absolute Gasteiger partial charge is 0.366 e. The van der Waals surface area contributed by atoms with Crippen LogP contribution in [0.15, 0.2) is 78.9 Å². The van der Waals surface area contributed by atoms with Gasteiger partial charge in [-0.05, 0) is 111 Å². The number of halogens is 2. The molecule has 4 N–H and O–H groups in total. The fraction of sp³-hybridized carbons (Fsp3) is 0.381. The van der Waals surface area contributed by atoms with Crippen LogP contribution in [0.1, 0.15) is 103 Å². The highest BCUT2D eigenvalue weighted by atomic mass is 19.1. The van der Waals surface area contributed by atoms with Crippen molar-refractivity contribution in [2.45, 2.75) is 75.0 Å². The Morgan fingerprint density at radius 2 is 1.19 bits per heavy atom. The van der Waals surface area contributed by atoms with Crippen LogP contribution in [0.5, 0.6) is 0 Å². The summed E-state index contributed by atoms with van der Waals surface area (Å²) >= 11 is 0. The molecule has 1 unspecified atom stereocenters. The second-order valence-corrected chi connectivity index (χ2v) is 15.2. The molecule has 4 fully saturated rings. The van der Waals surface area contributed by atoms with Crippen molar-refractivity contribution in [3.63, 3.8) is 0 Å². The second-order valence-electron chi connectivity index (χ2n) is 15.2. The van der Waals surface area contributed by atoms with E-state index in [0.29, 0.717) is 18.8 Å². The van der Waals surface area contributed by atoms with Crippen LogP contribution >= 0.6 is 0 Å². The van der Waals surface area contributed by atoms with Gasteiger partial charge in [-0.2, -0.15) is 0 Å². The lowest BCUT2D eigenvalue weighted by Gasteiger charge is -2.34. The molecule has 8 nitrogen and oxygen atoms in total. The predicted molar refractivity (Wildman–Crippen MR) is 202 cm³/mol. The van der Waals surface area contributed by atoms with Crippen LogP contribution in [-0.2, 0) is 0 Å². The van der Waals surface area contributed by atoms with Gasteiger partial charge in [0.1, 0.15) is 17.3 Å². The fourth-order valence-electron chi connectivity index (χ4n) is 9.46. The van der Waals surface area contributed by atoms with Crippen LogP contribution in [0.3, 0.4) is 0 Å². The lowest BCUT2D eigenvalue weighted by atomic mass is 9.99. The molecular formula is C42H44F2N8. The number of hydrogen-bond acceptors (Lipinski definition) is 6. The molecule has 0 aliphatic carbocycles. The Balaban J connectivity index is 1.01. The van der Waals surface area contributed by atoms with Gasteiger partial charge in [0.05, 0.1) is 46.2 Å². The predicted octanol–water partition coefficient (Wildman–Crippen LogP) is 8.64. The number of aromatic nitrogens is 4. The van der Waals surface area contributed by atoms with E-state index in [4.69, 9.17) is 9.97 Å². The van der Waals surface area contributed by atoms with E-state index < -0.39 is 11.6 Å². The zero-order valence-electron chi connectivity index (χ0n) is 29.2. The zero-order valence-corrected chi connectivity index (χ0v) is 29.2. The normalized spacial score (nSPS) is 25.0. The maximum atomic E-state index is 16.4. The van der Waals surface area contributed by atoms with E-state index in [1.54, 1.807) is 12.1 Å². The average Bonchev–Trinajstić information content (AvgIpc) is 4.02. The number of anilines is 2. The third-order valence-corrected chi connectivity index (χ3v) is 12.1. The Morgan fingerprint density at radius 1 is 0.615 bits per heavy atom. The summed E-state index contributed by atoms with van der Waals surface area (Å²) in [5.74, 6) is 1.17. The maximum absolute atomic E-state index is 16.4. The first kappa shape index (κ1) is 31.9. The molecule has 5 atom stereocenters. The molecule has 0 amide bonds. The van der Waals surface area contributed by atoms with Crippen LogP contribution in [0, 0.1) is 11.6 Å². The first-order valence-corrected chi connectivity index (χ1v) is 19.1. The number of benzene rings is 4. The summed E-state index contributed by atoms with van der Waals surface area (Å²) in [5, 5.41) is 7.09. The lowest BCUT2D eigenvalue weighted by Crippen LogP contribution is -2.27. The topological polar surface area (TPSA) is 87.9 Å². The van der Waals surface area contributed by atoms with Crippen molar-refractivity contribution in [2.75, 3.05) is 36.0 Å². The van der Waals surface area contributed by atoms with E-state index in [-0.39, 0.29) is 35.8 Å². The molecular weight excluding hydrogens is 655 g/mol. The molecule has 4 aliphatic rings. The van der Waals surface area contributed by atoms with Crippen molar-refractivity contribution in [3.8, 4) is 0 Å². The van der Waals surface area contributed by atoms with Gasteiger partial charge in [-0.3, -0.25) is 0 Å². The molecule has 2 aromatic heterocycles. The Bertz CT molecular complexity index is 2110. The summed E-state index contributed by atoms with van der Waals surface area (Å²) in [6.07, 6.45) is 6.98. The minimum absolute atomic E-state index is 0.0772. The molecule has 266 valence electrons. The van der Waals surface area contributed by atoms with E-state index in [1.807, 2.05) is 23.1 Å². The summed E-state index contributed by atoms with van der Waals surface area (Å²) in [4.78, 5) is 21.1. The van der Waals surface area contributed by atoms with Crippen LogP contribution in [0.4, 0.5) is 20.2 Å². The quantitative estimate of drug-likeness (QED) is 0.134. The molecule has 0 spiro atoms. The van der Waals surface area contributed by atoms with Crippen LogP contribution in [-0.4, -0.2) is 46.1 Å². The Labute approximate surface area is 302 Å². The monoisotopic (exact) mass is 698 g/mol. The van der Waals surface area contributed by atoms with Crippen LogP contribution < -0.4 is 20.4 Å². The number of H-pyrrole nitrogens is 2. The number of hydrogen-bond donors (Lipinski definition) is 4. The summed E-state index contributed by atoms with van der Waals surface area (Å²) < 4.78 is 32.8. The van der Waals surface area contributed by atoms with Crippen molar-refractivity contribution in [1.29, 1.82) is 0 Å². The molecule has 6 heterocycles. The molecule has 0 saturated carbocycles. The average molecular weight is 699 g/mol. The SMILES string of the molecule is Fc1cc(N2[C@@H](c3ccc4nc([C@@H]5CCCN5)[nH]c4c3)CC[C@@H]2c2ccc3nc([C@@H]4CCCN4)[nH]c3c2)cc(F)c1N1CCC(c2ccccc2)C1. The minimum Gasteiger partial charge on any atom is -0.366 e. The van der Waals surface area contributed by atoms with Gasteiger partial charge in [0, 0.05) is 24.7 Å². The number of fused-ring (bicyclic) bond motifs is 2. The molecule has 0 radical (unpaired) electrons. The summed E-state index contributed by atoms with van der Waals surface area (Å²) in [6, 6.07) is 26.6. The Morgan fingerprint density at radius 3 is 1.73 bits per heavy atom. The first-order valence-electron chi connectivity index (χ1n) is 19.1. The number of rotatable bonds is 7. The number of aromatic amines is 2. The third kappa shape index (κ3) is 5.63. The van der Waals surface area contributed by atoms with Gasteiger partial charge in [-0.25, -0.2) is 18.7 Å². The number of nitrogens with one attached hydrogen (secondary N) is 4. The van der Waals surface area contributed by atoms with Crippen molar-refractivity contribution in [2.24, 2.45) is 0 Å². The summed E-state index contributed by atoms with van der Waals surface area (Å²) in [6.45, 7) is 3.22. The van der Waals surface area contributed by atoms with Gasteiger partial charge in [-0.1, -0.05) is 42.5 Å². The maximum Gasteiger partial charge on any atom is 0.151 e. The fourth-order valence-corrected chi connectivity index (χ4v) is 9.46. The second kappa shape index (κ2) is 13.0. The molecule has 10 rings (SSSR count). The van der Waals surface area contributed by atoms with Crippen LogP contribution in [0.2, 0.25) is 0 Å². The molecule has 4 aliphatic heterocycles. The zero-order chi connectivity index (χ0) is 34.8. The molecule has 10 heteroatoms. The highest BCUT2D eigenvalue weighted by molar-refractivity contribution is 5.78. The summed E-state index contributed by atoms with van der Waals surface area (Å²) in [7, 11) is 0. The molecule has 4 saturated heterocycles. The molecule has 0 bridgehead atoms. The minimum atomic E-state index is -0.511. The van der Waals surface area contributed by atoms with E-state index in [9.17, 15) is 0 Å². The van der Waals surface area contributed by atoms with Gasteiger partial charge < -0.3 is 30.4 Å². The van der Waals surface area contributed by atoms with Gasteiger partial charge in [0.15, 0.2) is 11.6 Å². The van der Waals surface area contributed by atoms with Gasteiger partial charge in [-0.15, -0.1) is 0 Å². The van der Waals surface area contributed by atoms with Crippen LogP contribution in [0.25, 0.3) is 22.1 Å².